The van der Waals surface area contributed by atoms with Gasteiger partial charge >= 0.3 is 0 Å². The highest BCUT2D eigenvalue weighted by atomic mass is 15.4. The van der Waals surface area contributed by atoms with Crippen LogP contribution in [0.25, 0.3) is 5.65 Å². The fourth-order valence-electron chi connectivity index (χ4n) is 3.52. The van der Waals surface area contributed by atoms with Crippen molar-refractivity contribution in [3.63, 3.8) is 0 Å². The van der Waals surface area contributed by atoms with E-state index in [9.17, 15) is 0 Å². The van der Waals surface area contributed by atoms with Crippen LogP contribution in [0.5, 0.6) is 0 Å². The number of fused-ring (bicyclic) bond motifs is 1. The first-order valence-corrected chi connectivity index (χ1v) is 8.63. The summed E-state index contributed by atoms with van der Waals surface area (Å²) in [6.45, 7) is 2.86. The van der Waals surface area contributed by atoms with Gasteiger partial charge in [-0.05, 0) is 24.5 Å². The number of rotatable bonds is 3. The molecule has 6 nitrogen and oxygen atoms in total. The van der Waals surface area contributed by atoms with Crippen molar-refractivity contribution in [1.82, 2.24) is 25.1 Å². The van der Waals surface area contributed by atoms with E-state index in [1.807, 2.05) is 4.52 Å². The van der Waals surface area contributed by atoms with Gasteiger partial charge in [0.1, 0.15) is 6.33 Å². The molecule has 0 radical (unpaired) electrons. The average molecular weight is 320 g/mol. The molecule has 1 saturated heterocycles. The first kappa shape index (κ1) is 13.9. The Morgan fingerprint density at radius 3 is 2.83 bits per heavy atom. The molecule has 2 aliphatic rings. The minimum absolute atomic E-state index is 0.334. The van der Waals surface area contributed by atoms with Crippen molar-refractivity contribution >= 4 is 11.3 Å². The van der Waals surface area contributed by atoms with Gasteiger partial charge in [0.05, 0.1) is 11.4 Å². The van der Waals surface area contributed by atoms with Crippen LogP contribution in [0, 0.1) is 0 Å². The molecule has 0 amide bonds. The van der Waals surface area contributed by atoms with Gasteiger partial charge in [0.15, 0.2) is 0 Å². The molecule has 1 unspecified atom stereocenters. The van der Waals surface area contributed by atoms with Crippen LogP contribution in [-0.2, 0) is 0 Å². The molecule has 3 heterocycles. The summed E-state index contributed by atoms with van der Waals surface area (Å²) in [6.07, 6.45) is 4.20. The van der Waals surface area contributed by atoms with Crippen molar-refractivity contribution in [2.75, 3.05) is 24.5 Å². The van der Waals surface area contributed by atoms with Crippen LogP contribution in [-0.4, -0.2) is 39.4 Å². The van der Waals surface area contributed by atoms with Crippen molar-refractivity contribution in [3.05, 3.63) is 54.0 Å². The molecule has 0 bridgehead atoms. The van der Waals surface area contributed by atoms with Crippen LogP contribution in [0.2, 0.25) is 0 Å². The summed E-state index contributed by atoms with van der Waals surface area (Å²) in [4.78, 5) is 2.42. The molecule has 6 heteroatoms. The Balaban J connectivity index is 1.51. The maximum Gasteiger partial charge on any atom is 0.200 e. The van der Waals surface area contributed by atoms with Gasteiger partial charge in [0.25, 0.3) is 0 Å². The molecule has 122 valence electrons. The van der Waals surface area contributed by atoms with E-state index >= 15 is 0 Å². The van der Waals surface area contributed by atoms with Crippen LogP contribution in [0.3, 0.4) is 0 Å². The topological polar surface area (TPSA) is 58.4 Å². The highest BCUT2D eigenvalue weighted by molar-refractivity contribution is 5.69. The summed E-state index contributed by atoms with van der Waals surface area (Å²) in [5, 5.41) is 16.7. The fourth-order valence-corrected chi connectivity index (χ4v) is 3.52. The molecule has 1 N–H and O–H groups in total. The monoisotopic (exact) mass is 320 g/mol. The molecule has 1 saturated carbocycles. The lowest BCUT2D eigenvalue weighted by Crippen LogP contribution is -2.46. The maximum absolute atomic E-state index is 4.68. The van der Waals surface area contributed by atoms with Gasteiger partial charge in [-0.25, -0.2) is 0 Å². The molecule has 1 aromatic carbocycles. The van der Waals surface area contributed by atoms with Gasteiger partial charge in [0.2, 0.25) is 5.65 Å². The second-order valence-corrected chi connectivity index (χ2v) is 6.69. The van der Waals surface area contributed by atoms with E-state index in [-0.39, 0.29) is 0 Å². The Bertz CT molecular complexity index is 854. The Labute approximate surface area is 140 Å². The van der Waals surface area contributed by atoms with Crippen LogP contribution in [0.1, 0.15) is 36.1 Å². The van der Waals surface area contributed by atoms with E-state index in [4.69, 9.17) is 0 Å². The zero-order valence-corrected chi connectivity index (χ0v) is 13.5. The van der Waals surface area contributed by atoms with Gasteiger partial charge in [0, 0.05) is 31.6 Å². The number of piperazine rings is 1. The Kier molecular flexibility index (Phi) is 3.23. The minimum Gasteiger partial charge on any atom is -0.365 e. The number of benzene rings is 1. The zero-order chi connectivity index (χ0) is 15.9. The number of hydrogen-bond acceptors (Lipinski definition) is 5. The van der Waals surface area contributed by atoms with Crippen LogP contribution in [0.4, 0.5) is 5.69 Å². The lowest BCUT2D eigenvalue weighted by molar-refractivity contribution is 0.472. The van der Waals surface area contributed by atoms with Gasteiger partial charge in [-0.3, -0.25) is 0 Å². The lowest BCUT2D eigenvalue weighted by Gasteiger charge is -2.35. The minimum atomic E-state index is 0.334. The standard InChI is InChI=1S/C18H20N6/c1-2-4-13(5-3-1)16-11-23(9-8-19-16)17-10-15(14-6-7-14)22-24-12-20-21-18(17)24/h1-5,10,12,14,16,19H,6-9,11H2. The Morgan fingerprint density at radius 2 is 2.00 bits per heavy atom. The predicted molar refractivity (Wildman–Crippen MR) is 92.2 cm³/mol. The van der Waals surface area contributed by atoms with Crippen molar-refractivity contribution in [2.24, 2.45) is 0 Å². The predicted octanol–water partition coefficient (Wildman–Crippen LogP) is 2.15. The molecular formula is C18H20N6. The van der Waals surface area contributed by atoms with E-state index in [1.54, 1.807) is 6.33 Å². The molecular weight excluding hydrogens is 300 g/mol. The third-order valence-corrected chi connectivity index (χ3v) is 4.98. The highest BCUT2D eigenvalue weighted by Crippen LogP contribution is 2.40. The molecule has 2 fully saturated rings. The van der Waals surface area contributed by atoms with E-state index in [2.05, 4.69) is 61.9 Å². The fraction of sp³-hybridized carbons (Fsp3) is 0.389. The molecule has 1 aliphatic carbocycles. The van der Waals surface area contributed by atoms with Crippen molar-refractivity contribution < 1.29 is 0 Å². The van der Waals surface area contributed by atoms with Crippen LogP contribution in [0.15, 0.2) is 42.7 Å². The lowest BCUT2D eigenvalue weighted by atomic mass is 10.0. The van der Waals surface area contributed by atoms with Gasteiger partial charge in [-0.15, -0.1) is 10.2 Å². The molecule has 0 spiro atoms. The van der Waals surface area contributed by atoms with Gasteiger partial charge in [-0.2, -0.15) is 9.61 Å². The molecule has 2 aromatic heterocycles. The summed E-state index contributed by atoms with van der Waals surface area (Å²) in [5.41, 5.74) is 4.52. The molecule has 24 heavy (non-hydrogen) atoms. The van der Waals surface area contributed by atoms with Gasteiger partial charge < -0.3 is 10.2 Å². The quantitative estimate of drug-likeness (QED) is 0.801. The summed E-state index contributed by atoms with van der Waals surface area (Å²) in [5.74, 6) is 0.614. The summed E-state index contributed by atoms with van der Waals surface area (Å²) >= 11 is 0. The number of aromatic nitrogens is 4. The Hall–Kier alpha value is -2.47. The average Bonchev–Trinajstić information content (AvgIpc) is 3.39. The van der Waals surface area contributed by atoms with Gasteiger partial charge in [-0.1, -0.05) is 30.3 Å². The number of anilines is 1. The second-order valence-electron chi connectivity index (χ2n) is 6.69. The first-order valence-electron chi connectivity index (χ1n) is 8.63. The van der Waals surface area contributed by atoms with Crippen LogP contribution >= 0.6 is 0 Å². The number of nitrogens with zero attached hydrogens (tertiary/aromatic N) is 5. The van der Waals surface area contributed by atoms with E-state index in [0.717, 1.165) is 31.0 Å². The SMILES string of the molecule is c1ccc(C2CN(c3cc(C4CC4)nn4cnnc34)CCN2)cc1. The summed E-state index contributed by atoms with van der Waals surface area (Å²) in [6, 6.07) is 13.2. The third kappa shape index (κ3) is 2.43. The number of nitrogens with one attached hydrogen (secondary N) is 1. The van der Waals surface area contributed by atoms with Crippen molar-refractivity contribution in [2.45, 2.75) is 24.8 Å². The third-order valence-electron chi connectivity index (χ3n) is 4.98. The van der Waals surface area contributed by atoms with E-state index in [0.29, 0.717) is 12.0 Å². The van der Waals surface area contributed by atoms with E-state index < -0.39 is 0 Å². The smallest absolute Gasteiger partial charge is 0.200 e. The zero-order valence-electron chi connectivity index (χ0n) is 13.5. The second kappa shape index (κ2) is 5.56. The van der Waals surface area contributed by atoms with Crippen molar-refractivity contribution in [1.29, 1.82) is 0 Å². The molecule has 1 aliphatic heterocycles. The number of hydrogen-bond donors (Lipinski definition) is 1. The molecule has 5 rings (SSSR count). The summed E-state index contributed by atoms with van der Waals surface area (Å²) < 4.78 is 1.84. The van der Waals surface area contributed by atoms with Crippen molar-refractivity contribution in [3.8, 4) is 0 Å². The van der Waals surface area contributed by atoms with Crippen LogP contribution < -0.4 is 10.2 Å². The normalized spacial score (nSPS) is 21.3. The summed E-state index contributed by atoms with van der Waals surface area (Å²) in [7, 11) is 0. The maximum atomic E-state index is 4.68. The van der Waals surface area contributed by atoms with E-state index in [1.165, 1.54) is 24.1 Å². The molecule has 3 aromatic rings. The Morgan fingerprint density at radius 1 is 1.12 bits per heavy atom. The first-order chi connectivity index (χ1) is 11.9. The largest absolute Gasteiger partial charge is 0.365 e. The molecule has 1 atom stereocenters. The highest BCUT2D eigenvalue weighted by Gasteiger charge is 2.29.